The molecule has 2 heterocycles. The molecule has 0 atom stereocenters. The summed E-state index contributed by atoms with van der Waals surface area (Å²) in [6.07, 6.45) is 1.77. The number of anilines is 1. The van der Waals surface area contributed by atoms with Crippen molar-refractivity contribution in [2.75, 3.05) is 5.73 Å². The van der Waals surface area contributed by atoms with Gasteiger partial charge in [0.05, 0.1) is 4.88 Å². The van der Waals surface area contributed by atoms with Crippen LogP contribution in [0.1, 0.15) is 5.01 Å². The zero-order valence-corrected chi connectivity index (χ0v) is 11.4. The van der Waals surface area contributed by atoms with E-state index in [1.54, 1.807) is 6.20 Å². The first kappa shape index (κ1) is 12.1. The van der Waals surface area contributed by atoms with Crippen molar-refractivity contribution in [3.63, 3.8) is 0 Å². The second-order valence-corrected chi connectivity index (χ2v) is 5.79. The average molecular weight is 290 g/mol. The minimum atomic E-state index is 0.447. The highest BCUT2D eigenvalue weighted by molar-refractivity contribution is 7.23. The van der Waals surface area contributed by atoms with Crippen LogP contribution in [0.25, 0.3) is 9.88 Å². The summed E-state index contributed by atoms with van der Waals surface area (Å²) in [5.74, 6) is 0.833. The van der Waals surface area contributed by atoms with Crippen molar-refractivity contribution in [1.29, 1.82) is 0 Å². The van der Waals surface area contributed by atoms with E-state index >= 15 is 0 Å². The first-order chi connectivity index (χ1) is 9.31. The van der Waals surface area contributed by atoms with Crippen molar-refractivity contribution >= 4 is 27.8 Å². The molecule has 0 saturated heterocycles. The zero-order valence-electron chi connectivity index (χ0n) is 9.81. The third-order valence-corrected chi connectivity index (χ3v) is 4.20. The highest BCUT2D eigenvalue weighted by Gasteiger charge is 2.09. The predicted molar refractivity (Wildman–Crippen MR) is 76.2 cm³/mol. The summed E-state index contributed by atoms with van der Waals surface area (Å²) in [5.41, 5.74) is 5.56. The lowest BCUT2D eigenvalue weighted by molar-refractivity contribution is 0.305. The number of para-hydroxylation sites is 1. The van der Waals surface area contributed by atoms with Gasteiger partial charge in [-0.3, -0.25) is 0 Å². The quantitative estimate of drug-likeness (QED) is 0.799. The number of benzene rings is 1. The van der Waals surface area contributed by atoms with Gasteiger partial charge >= 0.3 is 0 Å². The summed E-state index contributed by atoms with van der Waals surface area (Å²) in [7, 11) is 0. The minimum absolute atomic E-state index is 0.447. The lowest BCUT2D eigenvalue weighted by Crippen LogP contribution is -1.93. The summed E-state index contributed by atoms with van der Waals surface area (Å²) in [6.45, 7) is 0.447. The van der Waals surface area contributed by atoms with E-state index in [-0.39, 0.29) is 0 Å². The third-order valence-electron chi connectivity index (χ3n) is 2.31. The summed E-state index contributed by atoms with van der Waals surface area (Å²) in [6, 6.07) is 9.66. The van der Waals surface area contributed by atoms with Crippen LogP contribution < -0.4 is 10.5 Å². The Morgan fingerprint density at radius 3 is 2.68 bits per heavy atom. The molecular weight excluding hydrogens is 280 g/mol. The highest BCUT2D eigenvalue weighted by atomic mass is 32.1. The minimum Gasteiger partial charge on any atom is -0.486 e. The Morgan fingerprint density at radius 2 is 1.95 bits per heavy atom. The lowest BCUT2D eigenvalue weighted by Gasteiger charge is -2.02. The van der Waals surface area contributed by atoms with Crippen LogP contribution in [0.5, 0.6) is 5.75 Å². The number of aromatic nitrogens is 3. The van der Waals surface area contributed by atoms with E-state index in [0.29, 0.717) is 11.7 Å². The van der Waals surface area contributed by atoms with E-state index in [1.165, 1.54) is 22.7 Å². The van der Waals surface area contributed by atoms with E-state index in [0.717, 1.165) is 20.6 Å². The maximum atomic E-state index is 5.64. The molecule has 0 unspecified atom stereocenters. The first-order valence-electron chi connectivity index (χ1n) is 5.53. The number of hydrogen-bond donors (Lipinski definition) is 1. The molecule has 0 spiro atoms. The fourth-order valence-corrected chi connectivity index (χ4v) is 2.95. The Labute approximate surface area is 117 Å². The first-order valence-corrected chi connectivity index (χ1v) is 7.16. The third kappa shape index (κ3) is 2.88. The van der Waals surface area contributed by atoms with Gasteiger partial charge in [-0.25, -0.2) is 4.98 Å². The monoisotopic (exact) mass is 290 g/mol. The molecule has 1 aromatic carbocycles. The van der Waals surface area contributed by atoms with Gasteiger partial charge in [0, 0.05) is 6.20 Å². The number of nitrogen functional groups attached to an aromatic ring is 1. The van der Waals surface area contributed by atoms with Crippen LogP contribution in [0.15, 0.2) is 36.5 Å². The van der Waals surface area contributed by atoms with Crippen molar-refractivity contribution < 1.29 is 4.74 Å². The van der Waals surface area contributed by atoms with Crippen molar-refractivity contribution in [2.24, 2.45) is 0 Å². The van der Waals surface area contributed by atoms with Gasteiger partial charge < -0.3 is 10.5 Å². The molecule has 96 valence electrons. The van der Waals surface area contributed by atoms with Crippen LogP contribution >= 0.6 is 22.7 Å². The molecule has 0 amide bonds. The molecule has 19 heavy (non-hydrogen) atoms. The molecule has 5 nitrogen and oxygen atoms in total. The molecule has 0 aliphatic carbocycles. The maximum Gasteiger partial charge on any atom is 0.203 e. The molecule has 3 rings (SSSR count). The Morgan fingerprint density at radius 1 is 1.11 bits per heavy atom. The van der Waals surface area contributed by atoms with Gasteiger partial charge in [0.15, 0.2) is 5.01 Å². The van der Waals surface area contributed by atoms with Gasteiger partial charge in [-0.1, -0.05) is 29.5 Å². The Kier molecular flexibility index (Phi) is 3.39. The normalized spacial score (nSPS) is 10.5. The number of rotatable bonds is 4. The summed E-state index contributed by atoms with van der Waals surface area (Å²) in [5, 5.41) is 9.93. The van der Waals surface area contributed by atoms with E-state index in [9.17, 15) is 0 Å². The van der Waals surface area contributed by atoms with Crippen LogP contribution in [-0.2, 0) is 6.61 Å². The van der Waals surface area contributed by atoms with Crippen molar-refractivity contribution in [1.82, 2.24) is 15.2 Å². The van der Waals surface area contributed by atoms with Crippen molar-refractivity contribution in [2.45, 2.75) is 6.61 Å². The molecule has 0 bridgehead atoms. The molecule has 0 saturated carbocycles. The van der Waals surface area contributed by atoms with E-state index in [1.807, 2.05) is 30.3 Å². The number of ether oxygens (including phenoxy) is 1. The molecule has 0 aliphatic heterocycles. The van der Waals surface area contributed by atoms with E-state index in [4.69, 9.17) is 10.5 Å². The molecule has 0 fully saturated rings. The van der Waals surface area contributed by atoms with Gasteiger partial charge in [0.1, 0.15) is 17.4 Å². The van der Waals surface area contributed by atoms with Crippen LogP contribution in [0.3, 0.4) is 0 Å². The van der Waals surface area contributed by atoms with Crippen molar-refractivity contribution in [3.05, 3.63) is 41.5 Å². The fraction of sp³-hybridized carbons (Fsp3) is 0.0833. The van der Waals surface area contributed by atoms with Crippen LogP contribution in [0.4, 0.5) is 5.13 Å². The number of nitrogens with zero attached hydrogens (tertiary/aromatic N) is 3. The standard InChI is InChI=1S/C12H10N4OS2/c13-12-16-15-11(19-12)9-6-14-10(18-9)7-17-8-4-2-1-3-5-8/h1-6H,7H2,(H2,13,16). The molecule has 2 aromatic heterocycles. The average Bonchev–Trinajstić information content (AvgIpc) is 3.06. The summed E-state index contributed by atoms with van der Waals surface area (Å²) in [4.78, 5) is 5.27. The number of hydrogen-bond acceptors (Lipinski definition) is 7. The Balaban J connectivity index is 1.68. The van der Waals surface area contributed by atoms with Gasteiger partial charge in [-0.15, -0.1) is 21.5 Å². The zero-order chi connectivity index (χ0) is 13.1. The predicted octanol–water partition coefficient (Wildman–Crippen LogP) is 2.82. The molecule has 3 aromatic rings. The topological polar surface area (TPSA) is 73.9 Å². The summed E-state index contributed by atoms with van der Waals surface area (Å²) >= 11 is 2.89. The largest absolute Gasteiger partial charge is 0.486 e. The van der Waals surface area contributed by atoms with Crippen LogP contribution in [-0.4, -0.2) is 15.2 Å². The van der Waals surface area contributed by atoms with Crippen molar-refractivity contribution in [3.8, 4) is 15.6 Å². The number of thiazole rings is 1. The smallest absolute Gasteiger partial charge is 0.203 e. The van der Waals surface area contributed by atoms with Crippen LogP contribution in [0, 0.1) is 0 Å². The van der Waals surface area contributed by atoms with Gasteiger partial charge in [0.25, 0.3) is 0 Å². The molecule has 0 aliphatic rings. The SMILES string of the molecule is Nc1nnc(-c2cnc(COc3ccccc3)s2)s1. The summed E-state index contributed by atoms with van der Waals surface area (Å²) < 4.78 is 5.64. The Hall–Kier alpha value is -1.99. The second kappa shape index (κ2) is 5.33. The Bertz CT molecular complexity index is 665. The molecular formula is C12H10N4OS2. The fourth-order valence-electron chi connectivity index (χ4n) is 1.47. The van der Waals surface area contributed by atoms with E-state index in [2.05, 4.69) is 15.2 Å². The lowest BCUT2D eigenvalue weighted by atomic mass is 10.3. The maximum absolute atomic E-state index is 5.64. The molecule has 2 N–H and O–H groups in total. The second-order valence-electron chi connectivity index (χ2n) is 3.67. The molecule has 0 radical (unpaired) electrons. The molecule has 7 heteroatoms. The van der Waals surface area contributed by atoms with E-state index < -0.39 is 0 Å². The number of nitrogens with two attached hydrogens (primary N) is 1. The highest BCUT2D eigenvalue weighted by Crippen LogP contribution is 2.29. The van der Waals surface area contributed by atoms with Gasteiger partial charge in [-0.05, 0) is 12.1 Å². The van der Waals surface area contributed by atoms with Gasteiger partial charge in [-0.2, -0.15) is 0 Å². The van der Waals surface area contributed by atoms with Crippen LogP contribution in [0.2, 0.25) is 0 Å². The van der Waals surface area contributed by atoms with Gasteiger partial charge in [0.2, 0.25) is 5.13 Å².